The van der Waals surface area contributed by atoms with Crippen molar-refractivity contribution < 1.29 is 23.3 Å². The first-order valence-electron chi connectivity index (χ1n) is 5.63. The summed E-state index contributed by atoms with van der Waals surface area (Å²) in [6, 6.07) is 0. The van der Waals surface area contributed by atoms with Crippen molar-refractivity contribution in [1.29, 1.82) is 0 Å². The van der Waals surface area contributed by atoms with Crippen LogP contribution in [0.5, 0.6) is 0 Å². The highest BCUT2D eigenvalue weighted by Crippen LogP contribution is 2.18. The van der Waals surface area contributed by atoms with Crippen molar-refractivity contribution >= 4 is 14.9 Å². The van der Waals surface area contributed by atoms with Crippen molar-refractivity contribution in [2.45, 2.75) is 26.7 Å². The highest BCUT2D eigenvalue weighted by molar-refractivity contribution is 6.50. The third-order valence-corrected chi connectivity index (χ3v) is 2.76. The molecule has 0 spiro atoms. The van der Waals surface area contributed by atoms with E-state index in [9.17, 15) is 14.1 Å². The molecule has 1 aliphatic rings. The average molecular weight is 261 g/mol. The lowest BCUT2D eigenvalue weighted by atomic mass is 10.4. The zero-order valence-electron chi connectivity index (χ0n) is 9.89. The Balaban J connectivity index is 0.000000385. The minimum absolute atomic E-state index is 0.861. The van der Waals surface area contributed by atoms with E-state index >= 15 is 0 Å². The van der Waals surface area contributed by atoms with Gasteiger partial charge in [0.1, 0.15) is 0 Å². The summed E-state index contributed by atoms with van der Waals surface area (Å²) in [7, 11) is 0. The molecule has 0 aromatic heterocycles. The molecule has 1 heterocycles. The molecular formula is C9H20AlF4NO. The molecule has 98 valence electrons. The van der Waals surface area contributed by atoms with Crippen LogP contribution in [0.25, 0.3) is 0 Å². The van der Waals surface area contributed by atoms with Gasteiger partial charge in [-0.1, -0.05) is 0 Å². The lowest BCUT2D eigenvalue weighted by Gasteiger charge is -2.32. The van der Waals surface area contributed by atoms with Gasteiger partial charge >= 0.3 is 14.9 Å². The number of rotatable bonds is 4. The van der Waals surface area contributed by atoms with Crippen molar-refractivity contribution in [3.05, 3.63) is 0 Å². The highest BCUT2D eigenvalue weighted by atomic mass is 27.5. The van der Waals surface area contributed by atoms with Gasteiger partial charge in [0.05, 0.1) is 19.6 Å². The fraction of sp³-hybridized carbons (Fsp3) is 1.00. The number of likely N-dealkylation sites (tertiary alicyclic amines) is 1. The molecular weight excluding hydrogens is 241 g/mol. The third-order valence-electron chi connectivity index (χ3n) is 2.76. The number of hydrogen-bond acceptors (Lipinski definition) is 1. The van der Waals surface area contributed by atoms with Gasteiger partial charge in [-0.25, -0.2) is 0 Å². The number of hydrogen-bond donors (Lipinski definition) is 0. The molecule has 0 bridgehead atoms. The van der Waals surface area contributed by atoms with Crippen molar-refractivity contribution in [3.8, 4) is 0 Å². The molecule has 0 atom stereocenters. The first kappa shape index (κ1) is 16.2. The van der Waals surface area contributed by atoms with Gasteiger partial charge in [0.2, 0.25) is 0 Å². The molecule has 0 aliphatic carbocycles. The van der Waals surface area contributed by atoms with Crippen LogP contribution in [0.4, 0.5) is 14.1 Å². The molecule has 1 saturated heterocycles. The summed E-state index contributed by atoms with van der Waals surface area (Å²) in [5.41, 5.74) is 0. The predicted octanol–water partition coefficient (Wildman–Crippen LogP) is 2.91. The minimum Gasteiger partial charge on any atom is -0.510 e. The molecule has 16 heavy (non-hydrogen) atoms. The topological polar surface area (TPSA) is 9.23 Å². The van der Waals surface area contributed by atoms with Crippen LogP contribution in [0.15, 0.2) is 0 Å². The Labute approximate surface area is 98.4 Å². The molecule has 0 aromatic rings. The standard InChI is InChI=1S/C9H20NO.Al.4FH/c1-3-10(9-11-4-2)7-5-6-8-10;;;;;/h3-9H2,1-2H3;;4*1H/q+1;+3;;;;/p-4. The van der Waals surface area contributed by atoms with E-state index in [0.717, 1.165) is 13.3 Å². The predicted molar refractivity (Wildman–Crippen MR) is 56.4 cm³/mol. The van der Waals surface area contributed by atoms with E-state index in [1.807, 2.05) is 0 Å². The maximum Gasteiger partial charge on any atom is 1.04 e. The van der Waals surface area contributed by atoms with Crippen LogP contribution in [-0.2, 0) is 4.74 Å². The maximum atomic E-state index is 9.85. The van der Waals surface area contributed by atoms with Gasteiger partial charge in [-0.15, -0.1) is 0 Å². The molecule has 1 rings (SSSR count). The second kappa shape index (κ2) is 7.49. The van der Waals surface area contributed by atoms with E-state index in [2.05, 4.69) is 13.8 Å². The molecule has 0 amide bonds. The van der Waals surface area contributed by atoms with Crippen LogP contribution in [0.3, 0.4) is 0 Å². The molecule has 2 nitrogen and oxygen atoms in total. The van der Waals surface area contributed by atoms with Crippen molar-refractivity contribution in [3.63, 3.8) is 0 Å². The fourth-order valence-corrected chi connectivity index (χ4v) is 1.83. The van der Waals surface area contributed by atoms with Gasteiger partial charge in [0.25, 0.3) is 0 Å². The zero-order chi connectivity index (χ0) is 12.7. The monoisotopic (exact) mass is 261 g/mol. The lowest BCUT2D eigenvalue weighted by molar-refractivity contribution is -0.933. The van der Waals surface area contributed by atoms with Gasteiger partial charge in [-0.05, 0) is 13.8 Å². The van der Waals surface area contributed by atoms with Crippen LogP contribution in [0.1, 0.15) is 26.7 Å². The lowest BCUT2D eigenvalue weighted by Crippen LogP contribution is -2.46. The van der Waals surface area contributed by atoms with Gasteiger partial charge in [-0.2, -0.15) is 0 Å². The minimum atomic E-state index is -6.83. The summed E-state index contributed by atoms with van der Waals surface area (Å²) in [5.74, 6) is 0. The summed E-state index contributed by atoms with van der Waals surface area (Å²) in [6.45, 7) is 10.0. The van der Waals surface area contributed by atoms with Crippen molar-refractivity contribution in [1.82, 2.24) is 0 Å². The van der Waals surface area contributed by atoms with Crippen LogP contribution < -0.4 is 0 Å². The van der Waals surface area contributed by atoms with Crippen LogP contribution in [-0.4, -0.2) is 52.4 Å². The van der Waals surface area contributed by atoms with E-state index in [-0.39, 0.29) is 0 Å². The third kappa shape index (κ3) is 8.34. The SMILES string of the molecule is CCOC[N+]1(CC)CCCC1.[F][Al-]([F])([F])[F]. The maximum absolute atomic E-state index is 9.85. The van der Waals surface area contributed by atoms with Gasteiger partial charge in [0.15, 0.2) is 6.73 Å². The smallest absolute Gasteiger partial charge is 0.510 e. The van der Waals surface area contributed by atoms with Crippen molar-refractivity contribution in [2.75, 3.05) is 33.0 Å². The number of ether oxygens (including phenoxy) is 1. The molecule has 7 heteroatoms. The first-order valence-corrected chi connectivity index (χ1v) is 7.38. The quantitative estimate of drug-likeness (QED) is 0.429. The van der Waals surface area contributed by atoms with E-state index in [4.69, 9.17) is 4.74 Å². The van der Waals surface area contributed by atoms with Crippen LogP contribution in [0, 0.1) is 0 Å². The second-order valence-electron chi connectivity index (χ2n) is 3.93. The van der Waals surface area contributed by atoms with Crippen LogP contribution >= 0.6 is 0 Å². The van der Waals surface area contributed by atoms with Crippen molar-refractivity contribution in [2.24, 2.45) is 0 Å². The van der Waals surface area contributed by atoms with E-state index in [0.29, 0.717) is 0 Å². The number of quaternary nitrogens is 1. The molecule has 0 saturated carbocycles. The van der Waals surface area contributed by atoms with Gasteiger partial charge < -0.3 is 23.3 Å². The molecule has 0 N–H and O–H groups in total. The van der Waals surface area contributed by atoms with Gasteiger partial charge in [-0.3, -0.25) is 0 Å². The summed E-state index contributed by atoms with van der Waals surface area (Å²) >= 11 is -6.83. The number of halogens is 4. The average Bonchev–Trinajstić information content (AvgIpc) is 2.61. The van der Waals surface area contributed by atoms with E-state index in [1.54, 1.807) is 0 Å². The summed E-state index contributed by atoms with van der Waals surface area (Å²) in [6.07, 6.45) is 2.78. The fourth-order valence-electron chi connectivity index (χ4n) is 1.83. The molecule has 0 radical (unpaired) electrons. The number of nitrogens with zero attached hydrogens (tertiary/aromatic N) is 1. The largest absolute Gasteiger partial charge is 1.04 e. The zero-order valence-corrected chi connectivity index (χ0v) is 11.0. The normalized spacial score (nSPS) is 19.1. The Morgan fingerprint density at radius 3 is 1.81 bits per heavy atom. The van der Waals surface area contributed by atoms with E-state index < -0.39 is 14.9 Å². The Hall–Kier alpha value is 0.172. The van der Waals surface area contributed by atoms with Crippen LogP contribution in [0.2, 0.25) is 0 Å². The molecule has 1 fully saturated rings. The molecule has 0 aromatic carbocycles. The summed E-state index contributed by atoms with van der Waals surface area (Å²) in [5, 5.41) is 0. The Bertz CT molecular complexity index is 177. The second-order valence-corrected chi connectivity index (χ2v) is 4.92. The molecule has 1 aliphatic heterocycles. The van der Waals surface area contributed by atoms with Gasteiger partial charge in [0, 0.05) is 19.4 Å². The Kier molecular flexibility index (Phi) is 7.57. The Morgan fingerprint density at radius 1 is 1.06 bits per heavy atom. The molecule has 0 unspecified atom stereocenters. The van der Waals surface area contributed by atoms with E-state index in [1.165, 1.54) is 37.0 Å². The highest BCUT2D eigenvalue weighted by Gasteiger charge is 2.41. The summed E-state index contributed by atoms with van der Waals surface area (Å²) in [4.78, 5) is 0. The Morgan fingerprint density at radius 2 is 1.50 bits per heavy atom. The summed E-state index contributed by atoms with van der Waals surface area (Å²) < 4.78 is 46.1. The first-order chi connectivity index (χ1) is 7.33.